The molecule has 2 aliphatic rings. The minimum atomic E-state index is -0.0582. The lowest BCUT2D eigenvalue weighted by molar-refractivity contribution is 0.175. The van der Waals surface area contributed by atoms with Gasteiger partial charge in [0.25, 0.3) is 0 Å². The van der Waals surface area contributed by atoms with Crippen LogP contribution in [0.5, 0.6) is 5.88 Å². The number of anilines is 1. The largest absolute Gasteiger partial charge is 0.492 e. The Hall–Kier alpha value is -2.25. The van der Waals surface area contributed by atoms with Crippen LogP contribution in [0.1, 0.15) is 25.7 Å². The van der Waals surface area contributed by atoms with Crippen LogP contribution in [-0.4, -0.2) is 57.4 Å². The molecule has 0 bridgehead atoms. The summed E-state index contributed by atoms with van der Waals surface area (Å²) in [7, 11) is 0. The summed E-state index contributed by atoms with van der Waals surface area (Å²) < 4.78 is 1.17. The van der Waals surface area contributed by atoms with Crippen molar-refractivity contribution in [3.8, 4) is 17.1 Å². The average Bonchev–Trinajstić information content (AvgIpc) is 3.36. The van der Waals surface area contributed by atoms with Crippen LogP contribution in [-0.2, 0) is 0 Å². The predicted molar refractivity (Wildman–Crippen MR) is 108 cm³/mol. The third-order valence-electron chi connectivity index (χ3n) is 5.66. The van der Waals surface area contributed by atoms with Gasteiger partial charge in [0.2, 0.25) is 5.88 Å². The minimum Gasteiger partial charge on any atom is -0.492 e. The molecule has 0 saturated carbocycles. The summed E-state index contributed by atoms with van der Waals surface area (Å²) in [6.45, 7) is 4.71. The first-order chi connectivity index (χ1) is 13.3. The lowest BCUT2D eigenvalue weighted by atomic mass is 10.1. The normalized spacial score (nSPS) is 21.2. The van der Waals surface area contributed by atoms with Gasteiger partial charge < -0.3 is 10.0 Å². The quantitative estimate of drug-likeness (QED) is 0.749. The number of nitrogens with zero attached hydrogens (tertiary/aromatic N) is 5. The fraction of sp³-hybridized carbons (Fsp3) is 0.450. The molecule has 0 aliphatic carbocycles. The van der Waals surface area contributed by atoms with E-state index in [1.807, 2.05) is 6.07 Å². The molecule has 0 spiro atoms. The molecule has 0 amide bonds. The van der Waals surface area contributed by atoms with Gasteiger partial charge in [0.05, 0.1) is 15.9 Å². The molecular weight excluding hydrogens is 358 g/mol. The third-order valence-corrected chi connectivity index (χ3v) is 6.74. The van der Waals surface area contributed by atoms with Crippen molar-refractivity contribution < 1.29 is 5.11 Å². The van der Waals surface area contributed by atoms with Crippen LogP contribution < -0.4 is 4.90 Å². The zero-order valence-corrected chi connectivity index (χ0v) is 16.0. The summed E-state index contributed by atoms with van der Waals surface area (Å²) in [5.41, 5.74) is 2.79. The van der Waals surface area contributed by atoms with Crippen LogP contribution in [0.4, 0.5) is 5.13 Å². The van der Waals surface area contributed by atoms with Gasteiger partial charge in [0, 0.05) is 30.8 Å². The molecule has 140 valence electrons. The Morgan fingerprint density at radius 1 is 1.00 bits per heavy atom. The van der Waals surface area contributed by atoms with Gasteiger partial charge in [-0.2, -0.15) is 0 Å². The van der Waals surface area contributed by atoms with Crippen molar-refractivity contribution in [3.05, 3.63) is 30.3 Å². The van der Waals surface area contributed by atoms with E-state index in [0.29, 0.717) is 6.04 Å². The van der Waals surface area contributed by atoms with Crippen molar-refractivity contribution in [2.45, 2.75) is 31.7 Å². The molecule has 6 nitrogen and oxygen atoms in total. The number of fused-ring (bicyclic) bond motifs is 1. The van der Waals surface area contributed by atoms with E-state index in [1.54, 1.807) is 23.5 Å². The minimum absolute atomic E-state index is 0.0582. The summed E-state index contributed by atoms with van der Waals surface area (Å²) in [5.74, 6) is -0.0582. The highest BCUT2D eigenvalue weighted by atomic mass is 32.1. The molecule has 2 aromatic heterocycles. The Labute approximate surface area is 162 Å². The number of thiazole rings is 1. The molecule has 4 heterocycles. The average molecular weight is 382 g/mol. The maximum absolute atomic E-state index is 9.32. The van der Waals surface area contributed by atoms with E-state index in [-0.39, 0.29) is 5.88 Å². The summed E-state index contributed by atoms with van der Waals surface area (Å²) in [6, 6.07) is 10.2. The van der Waals surface area contributed by atoms with E-state index < -0.39 is 0 Å². The zero-order valence-electron chi connectivity index (χ0n) is 15.2. The molecule has 2 aliphatic heterocycles. The van der Waals surface area contributed by atoms with Gasteiger partial charge in [0.15, 0.2) is 5.13 Å². The topological polar surface area (TPSA) is 65.4 Å². The molecule has 0 unspecified atom stereocenters. The van der Waals surface area contributed by atoms with Crippen LogP contribution in [0.2, 0.25) is 0 Å². The Morgan fingerprint density at radius 2 is 1.89 bits per heavy atom. The Morgan fingerprint density at radius 3 is 2.70 bits per heavy atom. The number of hydrogen-bond acceptors (Lipinski definition) is 7. The SMILES string of the molecule is Oc1ccc(-c2ccc3nc(N4CC[C@@H](N5CCCCC5)C4)sc3c2)nn1. The third kappa shape index (κ3) is 3.37. The van der Waals surface area contributed by atoms with E-state index in [9.17, 15) is 5.11 Å². The molecule has 3 aromatic rings. The predicted octanol–water partition coefficient (Wildman–Crippen LogP) is 3.52. The summed E-state index contributed by atoms with van der Waals surface area (Å²) in [5, 5.41) is 18.3. The highest BCUT2D eigenvalue weighted by Gasteiger charge is 2.29. The fourth-order valence-electron chi connectivity index (χ4n) is 4.18. The van der Waals surface area contributed by atoms with Crippen LogP contribution >= 0.6 is 11.3 Å². The lowest BCUT2D eigenvalue weighted by Crippen LogP contribution is -2.40. The number of piperidine rings is 1. The highest BCUT2D eigenvalue weighted by molar-refractivity contribution is 7.22. The van der Waals surface area contributed by atoms with E-state index in [4.69, 9.17) is 4.98 Å². The van der Waals surface area contributed by atoms with Crippen LogP contribution in [0.15, 0.2) is 30.3 Å². The van der Waals surface area contributed by atoms with Crippen molar-refractivity contribution in [2.75, 3.05) is 31.1 Å². The molecule has 7 heteroatoms. The van der Waals surface area contributed by atoms with Gasteiger partial charge >= 0.3 is 0 Å². The highest BCUT2D eigenvalue weighted by Crippen LogP contribution is 2.34. The molecule has 0 radical (unpaired) electrons. The van der Waals surface area contributed by atoms with Crippen LogP contribution in [0, 0.1) is 0 Å². The summed E-state index contributed by atoms with van der Waals surface area (Å²) in [6.07, 6.45) is 5.32. The first-order valence-corrected chi connectivity index (χ1v) is 10.5. The van der Waals surface area contributed by atoms with Crippen molar-refractivity contribution >= 4 is 26.7 Å². The van der Waals surface area contributed by atoms with Gasteiger partial charge in [-0.25, -0.2) is 4.98 Å². The molecule has 1 aromatic carbocycles. The molecule has 27 heavy (non-hydrogen) atoms. The number of hydrogen-bond donors (Lipinski definition) is 1. The number of benzene rings is 1. The van der Waals surface area contributed by atoms with E-state index in [1.165, 1.54) is 43.5 Å². The number of aromatic hydroxyl groups is 1. The number of rotatable bonds is 3. The molecule has 1 atom stereocenters. The fourth-order valence-corrected chi connectivity index (χ4v) is 5.22. The second-order valence-electron chi connectivity index (χ2n) is 7.44. The molecule has 2 fully saturated rings. The Bertz CT molecular complexity index is 935. The van der Waals surface area contributed by atoms with Crippen molar-refractivity contribution in [2.24, 2.45) is 0 Å². The van der Waals surface area contributed by atoms with Gasteiger partial charge in [-0.15, -0.1) is 10.2 Å². The molecule has 5 rings (SSSR count). The van der Waals surface area contributed by atoms with Gasteiger partial charge in [0.1, 0.15) is 0 Å². The summed E-state index contributed by atoms with van der Waals surface area (Å²) in [4.78, 5) is 10.0. The van der Waals surface area contributed by atoms with Gasteiger partial charge in [-0.05, 0) is 50.6 Å². The standard InChI is InChI=1S/C20H23N5OS/c26-19-7-6-16(22-23-19)14-4-5-17-18(12-14)27-20(21-17)25-11-8-15(13-25)24-9-2-1-3-10-24/h4-7,12,15H,1-3,8-11,13H2,(H,23,26)/t15-/m1/s1. The molecule has 2 saturated heterocycles. The van der Waals surface area contributed by atoms with Crippen LogP contribution in [0.25, 0.3) is 21.5 Å². The number of aromatic nitrogens is 3. The smallest absolute Gasteiger partial charge is 0.230 e. The van der Waals surface area contributed by atoms with Crippen LogP contribution in [0.3, 0.4) is 0 Å². The summed E-state index contributed by atoms with van der Waals surface area (Å²) >= 11 is 1.75. The second kappa shape index (κ2) is 7.05. The van der Waals surface area contributed by atoms with E-state index in [0.717, 1.165) is 35.0 Å². The van der Waals surface area contributed by atoms with Crippen molar-refractivity contribution in [1.82, 2.24) is 20.1 Å². The molecular formula is C20H23N5OS. The lowest BCUT2D eigenvalue weighted by Gasteiger charge is -2.32. The Kier molecular flexibility index (Phi) is 4.41. The van der Waals surface area contributed by atoms with E-state index >= 15 is 0 Å². The maximum Gasteiger partial charge on any atom is 0.230 e. The monoisotopic (exact) mass is 381 g/mol. The maximum atomic E-state index is 9.32. The van der Waals surface area contributed by atoms with E-state index in [2.05, 4.69) is 32.1 Å². The van der Waals surface area contributed by atoms with Gasteiger partial charge in [-0.1, -0.05) is 23.8 Å². The Balaban J connectivity index is 1.36. The van der Waals surface area contributed by atoms with Crippen molar-refractivity contribution in [3.63, 3.8) is 0 Å². The zero-order chi connectivity index (χ0) is 18.2. The number of likely N-dealkylation sites (tertiary alicyclic amines) is 1. The van der Waals surface area contributed by atoms with Crippen molar-refractivity contribution in [1.29, 1.82) is 0 Å². The second-order valence-corrected chi connectivity index (χ2v) is 8.45. The van der Waals surface area contributed by atoms with Gasteiger partial charge in [-0.3, -0.25) is 4.90 Å². The first-order valence-electron chi connectivity index (χ1n) is 9.69. The molecule has 1 N–H and O–H groups in total. The first kappa shape index (κ1) is 16.9.